The third-order valence-corrected chi connectivity index (χ3v) is 3.37. The van der Waals surface area contributed by atoms with Gasteiger partial charge in [-0.15, -0.1) is 23.7 Å². The van der Waals surface area contributed by atoms with E-state index in [0.29, 0.717) is 6.04 Å². The number of carbonyl (C=O) groups excluding carboxylic acids is 1. The van der Waals surface area contributed by atoms with Crippen molar-refractivity contribution in [3.8, 4) is 0 Å². The highest BCUT2D eigenvalue weighted by atomic mass is 35.5. The van der Waals surface area contributed by atoms with E-state index < -0.39 is 0 Å². The molecule has 1 aliphatic heterocycles. The van der Waals surface area contributed by atoms with Gasteiger partial charge in [0.05, 0.1) is 11.6 Å². The molecule has 3 nitrogen and oxygen atoms in total. The van der Waals surface area contributed by atoms with Crippen LogP contribution in [0.2, 0.25) is 0 Å². The van der Waals surface area contributed by atoms with Crippen LogP contribution in [0.15, 0.2) is 6.07 Å². The molecule has 1 aromatic heterocycles. The lowest BCUT2D eigenvalue weighted by Crippen LogP contribution is -2.56. The highest BCUT2D eigenvalue weighted by Gasteiger charge is 2.20. The summed E-state index contributed by atoms with van der Waals surface area (Å²) >= 11 is 1.67. The first-order valence-corrected chi connectivity index (χ1v) is 5.57. The van der Waals surface area contributed by atoms with Gasteiger partial charge in [-0.25, -0.2) is 0 Å². The van der Waals surface area contributed by atoms with Crippen molar-refractivity contribution in [1.29, 1.82) is 0 Å². The van der Waals surface area contributed by atoms with Gasteiger partial charge in [0.25, 0.3) is 5.91 Å². The van der Waals surface area contributed by atoms with Gasteiger partial charge >= 0.3 is 0 Å². The average Bonchev–Trinajstić information content (AvgIpc) is 2.37. The Hall–Kier alpha value is -0.580. The van der Waals surface area contributed by atoms with Crippen LogP contribution in [0.5, 0.6) is 0 Å². The van der Waals surface area contributed by atoms with Crippen molar-refractivity contribution >= 4 is 29.7 Å². The number of rotatable bonds is 2. The first-order chi connectivity index (χ1) is 6.66. The zero-order valence-electron chi connectivity index (χ0n) is 8.79. The second kappa shape index (κ2) is 4.96. The SMILES string of the molecule is Cc1cc(C(=O)NC2CNC2)c(C)s1.Cl. The summed E-state index contributed by atoms with van der Waals surface area (Å²) in [5.41, 5.74) is 0.833. The Bertz CT molecular complexity index is 360. The summed E-state index contributed by atoms with van der Waals surface area (Å²) in [6, 6.07) is 2.28. The largest absolute Gasteiger partial charge is 0.347 e. The Labute approximate surface area is 99.7 Å². The molecule has 1 fully saturated rings. The topological polar surface area (TPSA) is 41.1 Å². The smallest absolute Gasteiger partial charge is 0.252 e. The molecule has 5 heteroatoms. The van der Waals surface area contributed by atoms with E-state index in [9.17, 15) is 4.79 Å². The molecule has 2 N–H and O–H groups in total. The molecule has 1 aliphatic rings. The summed E-state index contributed by atoms with van der Waals surface area (Å²) in [5, 5.41) is 6.12. The van der Waals surface area contributed by atoms with Crippen LogP contribution in [0.25, 0.3) is 0 Å². The molecule has 0 aromatic carbocycles. The van der Waals surface area contributed by atoms with E-state index >= 15 is 0 Å². The molecular formula is C10H15ClN2OS. The quantitative estimate of drug-likeness (QED) is 0.830. The molecule has 0 aliphatic carbocycles. The predicted octanol–water partition coefficient (Wildman–Crippen LogP) is 1.49. The monoisotopic (exact) mass is 246 g/mol. The molecule has 0 atom stereocenters. The molecule has 0 unspecified atom stereocenters. The van der Waals surface area contributed by atoms with E-state index in [-0.39, 0.29) is 18.3 Å². The van der Waals surface area contributed by atoms with E-state index in [0.717, 1.165) is 23.5 Å². The minimum atomic E-state index is 0. The Morgan fingerprint density at radius 3 is 2.60 bits per heavy atom. The summed E-state index contributed by atoms with van der Waals surface area (Å²) in [6.45, 7) is 5.81. The molecule has 2 rings (SSSR count). The van der Waals surface area contributed by atoms with Gasteiger partial charge in [0, 0.05) is 22.8 Å². The van der Waals surface area contributed by atoms with Crippen molar-refractivity contribution in [1.82, 2.24) is 10.6 Å². The van der Waals surface area contributed by atoms with Gasteiger partial charge in [-0.3, -0.25) is 4.79 Å². The van der Waals surface area contributed by atoms with Gasteiger partial charge < -0.3 is 10.6 Å². The van der Waals surface area contributed by atoms with Gasteiger partial charge in [0.2, 0.25) is 0 Å². The van der Waals surface area contributed by atoms with Crippen molar-refractivity contribution in [2.45, 2.75) is 19.9 Å². The van der Waals surface area contributed by atoms with Gasteiger partial charge in [-0.2, -0.15) is 0 Å². The molecule has 0 saturated carbocycles. The Morgan fingerprint density at radius 1 is 1.53 bits per heavy atom. The van der Waals surface area contributed by atoms with Crippen molar-refractivity contribution in [3.63, 3.8) is 0 Å². The number of amides is 1. The second-order valence-electron chi connectivity index (χ2n) is 3.66. The van der Waals surface area contributed by atoms with Crippen LogP contribution in [0.1, 0.15) is 20.1 Å². The van der Waals surface area contributed by atoms with Crippen LogP contribution in [-0.2, 0) is 0 Å². The maximum Gasteiger partial charge on any atom is 0.252 e. The van der Waals surface area contributed by atoms with Crippen LogP contribution in [0, 0.1) is 13.8 Å². The van der Waals surface area contributed by atoms with Gasteiger partial charge in [0.1, 0.15) is 0 Å². The van der Waals surface area contributed by atoms with E-state index in [2.05, 4.69) is 10.6 Å². The third-order valence-electron chi connectivity index (χ3n) is 2.40. The molecule has 15 heavy (non-hydrogen) atoms. The predicted molar refractivity (Wildman–Crippen MR) is 65.2 cm³/mol. The van der Waals surface area contributed by atoms with Crippen LogP contribution in [0.3, 0.4) is 0 Å². The number of aryl methyl sites for hydroxylation is 2. The number of hydrogen-bond donors (Lipinski definition) is 2. The first-order valence-electron chi connectivity index (χ1n) is 4.75. The summed E-state index contributed by atoms with van der Waals surface area (Å²) in [5.74, 6) is 0.0679. The van der Waals surface area contributed by atoms with Crippen LogP contribution in [0.4, 0.5) is 0 Å². The minimum Gasteiger partial charge on any atom is -0.347 e. The number of carbonyl (C=O) groups is 1. The number of halogens is 1. The van der Waals surface area contributed by atoms with E-state index in [1.165, 1.54) is 4.88 Å². The maximum absolute atomic E-state index is 11.7. The molecule has 1 saturated heterocycles. The first kappa shape index (κ1) is 12.5. The second-order valence-corrected chi connectivity index (χ2v) is 5.12. The lowest BCUT2D eigenvalue weighted by molar-refractivity contribution is 0.0924. The van der Waals surface area contributed by atoms with Crippen molar-refractivity contribution < 1.29 is 4.79 Å². The molecule has 0 radical (unpaired) electrons. The van der Waals surface area contributed by atoms with Crippen LogP contribution >= 0.6 is 23.7 Å². The van der Waals surface area contributed by atoms with E-state index in [1.807, 2.05) is 19.9 Å². The van der Waals surface area contributed by atoms with Crippen molar-refractivity contribution in [2.75, 3.05) is 13.1 Å². The average molecular weight is 247 g/mol. The Morgan fingerprint density at radius 2 is 2.20 bits per heavy atom. The van der Waals surface area contributed by atoms with E-state index in [4.69, 9.17) is 0 Å². The summed E-state index contributed by atoms with van der Waals surface area (Å²) in [4.78, 5) is 14.0. The zero-order chi connectivity index (χ0) is 10.1. The molecular weight excluding hydrogens is 232 g/mol. The normalized spacial score (nSPS) is 15.3. The molecule has 2 heterocycles. The lowest BCUT2D eigenvalue weighted by atomic mass is 10.1. The Kier molecular flexibility index (Phi) is 4.13. The fourth-order valence-corrected chi connectivity index (χ4v) is 2.43. The number of hydrogen-bond acceptors (Lipinski definition) is 3. The zero-order valence-corrected chi connectivity index (χ0v) is 10.4. The highest BCUT2D eigenvalue weighted by Crippen LogP contribution is 2.20. The lowest BCUT2D eigenvalue weighted by Gasteiger charge is -2.27. The number of thiophene rings is 1. The molecule has 1 amide bonds. The molecule has 84 valence electrons. The van der Waals surface area contributed by atoms with Crippen LogP contribution < -0.4 is 10.6 Å². The molecule has 0 spiro atoms. The summed E-state index contributed by atoms with van der Waals surface area (Å²) in [7, 11) is 0. The van der Waals surface area contributed by atoms with Gasteiger partial charge in [-0.1, -0.05) is 0 Å². The molecule has 1 aromatic rings. The minimum absolute atomic E-state index is 0. The number of nitrogens with one attached hydrogen (secondary N) is 2. The molecule has 0 bridgehead atoms. The van der Waals surface area contributed by atoms with Gasteiger partial charge in [-0.05, 0) is 19.9 Å². The summed E-state index contributed by atoms with van der Waals surface area (Å²) < 4.78 is 0. The fourth-order valence-electron chi connectivity index (χ4n) is 1.51. The highest BCUT2D eigenvalue weighted by molar-refractivity contribution is 7.12. The third kappa shape index (κ3) is 2.71. The Balaban J connectivity index is 0.00000112. The van der Waals surface area contributed by atoms with Crippen molar-refractivity contribution in [2.24, 2.45) is 0 Å². The van der Waals surface area contributed by atoms with Gasteiger partial charge in [0.15, 0.2) is 0 Å². The fraction of sp³-hybridized carbons (Fsp3) is 0.500. The van der Waals surface area contributed by atoms with Crippen LogP contribution in [-0.4, -0.2) is 25.0 Å². The van der Waals surface area contributed by atoms with E-state index in [1.54, 1.807) is 11.3 Å². The standard InChI is InChI=1S/C10H14N2OS.ClH/c1-6-3-9(7(2)14-6)10(13)12-8-4-11-5-8;/h3,8,11H,4-5H2,1-2H3,(H,12,13);1H. The maximum atomic E-state index is 11.7. The summed E-state index contributed by atoms with van der Waals surface area (Å²) in [6.07, 6.45) is 0. The van der Waals surface area contributed by atoms with Crippen molar-refractivity contribution in [3.05, 3.63) is 21.4 Å².